The summed E-state index contributed by atoms with van der Waals surface area (Å²) in [5.74, 6) is 1.78. The van der Waals surface area contributed by atoms with Crippen molar-refractivity contribution in [1.82, 2.24) is 0 Å². The van der Waals surface area contributed by atoms with Crippen LogP contribution in [0.5, 0.6) is 0 Å². The fourth-order valence-corrected chi connectivity index (χ4v) is 1.24. The molecule has 0 bridgehead atoms. The van der Waals surface area contributed by atoms with Crippen molar-refractivity contribution in [1.29, 1.82) is 5.41 Å². The molecule has 0 fully saturated rings. The quantitative estimate of drug-likeness (QED) is 0.734. The predicted molar refractivity (Wildman–Crippen MR) is 64.7 cm³/mol. The maximum atomic E-state index is 10.3. The van der Waals surface area contributed by atoms with Crippen LogP contribution in [0.3, 0.4) is 0 Å². The van der Waals surface area contributed by atoms with E-state index in [-0.39, 0.29) is 12.4 Å². The first-order valence-corrected chi connectivity index (χ1v) is 4.83. The summed E-state index contributed by atoms with van der Waals surface area (Å²) in [5, 5.41) is 15.6. The van der Waals surface area contributed by atoms with E-state index in [0.29, 0.717) is 17.9 Å². The SMILES string of the molecule is CCOC1=CC(=C=N)C(OCC(=O)O)C=C1.Cl. The van der Waals surface area contributed by atoms with Gasteiger partial charge in [0.1, 0.15) is 18.5 Å². The Balaban J connectivity index is 0.00000256. The number of aliphatic carboxylic acids is 1. The highest BCUT2D eigenvalue weighted by molar-refractivity contribution is 5.85. The van der Waals surface area contributed by atoms with E-state index in [9.17, 15) is 4.79 Å². The number of hydrogen-bond acceptors (Lipinski definition) is 4. The lowest BCUT2D eigenvalue weighted by atomic mass is 10.1. The molecule has 5 nitrogen and oxygen atoms in total. The van der Waals surface area contributed by atoms with Crippen LogP contribution < -0.4 is 0 Å². The Bertz CT molecular complexity index is 383. The van der Waals surface area contributed by atoms with Crippen molar-refractivity contribution in [2.75, 3.05) is 13.2 Å². The van der Waals surface area contributed by atoms with E-state index in [2.05, 4.69) is 5.87 Å². The van der Waals surface area contributed by atoms with Crippen LogP contribution in [0.25, 0.3) is 0 Å². The van der Waals surface area contributed by atoms with Crippen molar-refractivity contribution in [2.45, 2.75) is 13.0 Å². The van der Waals surface area contributed by atoms with Gasteiger partial charge in [-0.25, -0.2) is 4.79 Å². The number of allylic oxidation sites excluding steroid dienone is 1. The van der Waals surface area contributed by atoms with Gasteiger partial charge in [0.25, 0.3) is 0 Å². The van der Waals surface area contributed by atoms with Gasteiger partial charge < -0.3 is 14.6 Å². The van der Waals surface area contributed by atoms with Crippen molar-refractivity contribution in [2.24, 2.45) is 0 Å². The molecule has 0 saturated heterocycles. The third-order valence-electron chi connectivity index (χ3n) is 1.88. The fourth-order valence-electron chi connectivity index (χ4n) is 1.24. The molecule has 0 heterocycles. The minimum absolute atomic E-state index is 0. The van der Waals surface area contributed by atoms with E-state index >= 15 is 0 Å². The number of rotatable bonds is 5. The number of ether oxygens (including phenoxy) is 2. The van der Waals surface area contributed by atoms with E-state index in [4.69, 9.17) is 20.0 Å². The summed E-state index contributed by atoms with van der Waals surface area (Å²) in [6.45, 7) is 1.98. The van der Waals surface area contributed by atoms with Crippen LogP contribution in [0.15, 0.2) is 29.6 Å². The monoisotopic (exact) mass is 259 g/mol. The predicted octanol–water partition coefficient (Wildman–Crippen LogP) is 1.54. The fraction of sp³-hybridized carbons (Fsp3) is 0.364. The zero-order valence-electron chi connectivity index (χ0n) is 9.30. The Morgan fingerprint density at radius 3 is 2.88 bits per heavy atom. The molecule has 94 valence electrons. The van der Waals surface area contributed by atoms with Gasteiger partial charge in [0.05, 0.1) is 6.61 Å². The molecule has 1 aliphatic carbocycles. The highest BCUT2D eigenvalue weighted by Gasteiger charge is 2.16. The molecule has 1 unspecified atom stereocenters. The zero-order chi connectivity index (χ0) is 12.0. The van der Waals surface area contributed by atoms with E-state index in [0.717, 1.165) is 0 Å². The van der Waals surface area contributed by atoms with Crippen LogP contribution in [0.1, 0.15) is 6.92 Å². The molecular weight excluding hydrogens is 246 g/mol. The van der Waals surface area contributed by atoms with Gasteiger partial charge in [0.2, 0.25) is 0 Å². The van der Waals surface area contributed by atoms with E-state index in [1.54, 1.807) is 18.2 Å². The number of halogens is 1. The van der Waals surface area contributed by atoms with Gasteiger partial charge in [0, 0.05) is 5.57 Å². The van der Waals surface area contributed by atoms with Gasteiger partial charge in [-0.1, -0.05) is 0 Å². The number of carboxylic acids is 1. The maximum Gasteiger partial charge on any atom is 0.329 e. The molecule has 6 heteroatoms. The molecule has 0 saturated carbocycles. The third-order valence-corrected chi connectivity index (χ3v) is 1.88. The molecule has 0 aromatic heterocycles. The van der Waals surface area contributed by atoms with Crippen LogP contribution >= 0.6 is 12.4 Å². The van der Waals surface area contributed by atoms with Gasteiger partial charge in [-0.15, -0.1) is 12.4 Å². The summed E-state index contributed by atoms with van der Waals surface area (Å²) in [6.07, 6.45) is 4.41. The normalized spacial score (nSPS) is 17.8. The largest absolute Gasteiger partial charge is 0.494 e. The third kappa shape index (κ3) is 4.87. The summed E-state index contributed by atoms with van der Waals surface area (Å²) in [5.41, 5.74) is 0.451. The zero-order valence-corrected chi connectivity index (χ0v) is 10.1. The lowest BCUT2D eigenvalue weighted by molar-refractivity contribution is -0.142. The highest BCUT2D eigenvalue weighted by atomic mass is 35.5. The average molecular weight is 260 g/mol. The number of hydrogen-bond donors (Lipinski definition) is 2. The Kier molecular flexibility index (Phi) is 6.98. The molecule has 1 rings (SSSR count). The van der Waals surface area contributed by atoms with Crippen LogP contribution in [0.2, 0.25) is 0 Å². The lowest BCUT2D eigenvalue weighted by Crippen LogP contribution is -2.20. The molecule has 0 radical (unpaired) electrons. The number of carbonyl (C=O) groups is 1. The van der Waals surface area contributed by atoms with Crippen LogP contribution in [0, 0.1) is 5.41 Å². The number of nitrogens with one attached hydrogen (secondary N) is 1. The first-order valence-electron chi connectivity index (χ1n) is 4.83. The smallest absolute Gasteiger partial charge is 0.329 e. The van der Waals surface area contributed by atoms with E-state index in [1.165, 1.54) is 0 Å². The molecule has 1 atom stereocenters. The molecule has 0 spiro atoms. The molecule has 2 N–H and O–H groups in total. The second-order valence-electron chi connectivity index (χ2n) is 3.04. The maximum absolute atomic E-state index is 10.3. The second-order valence-corrected chi connectivity index (χ2v) is 3.04. The van der Waals surface area contributed by atoms with Gasteiger partial charge in [0.15, 0.2) is 0 Å². The van der Waals surface area contributed by atoms with Crippen molar-refractivity contribution in [3.05, 3.63) is 29.6 Å². The van der Waals surface area contributed by atoms with E-state index in [1.807, 2.05) is 6.92 Å². The van der Waals surface area contributed by atoms with Crippen LogP contribution in [-0.4, -0.2) is 36.3 Å². The first-order chi connectivity index (χ1) is 7.67. The summed E-state index contributed by atoms with van der Waals surface area (Å²) in [4.78, 5) is 10.3. The second kappa shape index (κ2) is 7.68. The molecular formula is C11H14ClNO4. The highest BCUT2D eigenvalue weighted by Crippen LogP contribution is 2.17. The Labute approximate surface area is 105 Å². The van der Waals surface area contributed by atoms with Crippen molar-refractivity contribution < 1.29 is 19.4 Å². The Hall–Kier alpha value is -1.55. The van der Waals surface area contributed by atoms with Gasteiger partial charge in [-0.05, 0) is 31.0 Å². The summed E-state index contributed by atoms with van der Waals surface area (Å²) in [7, 11) is 0. The average Bonchev–Trinajstić information content (AvgIpc) is 2.27. The molecule has 0 aromatic carbocycles. The van der Waals surface area contributed by atoms with Crippen LogP contribution in [-0.2, 0) is 14.3 Å². The Morgan fingerprint density at radius 1 is 1.65 bits per heavy atom. The van der Waals surface area contributed by atoms with Crippen LogP contribution in [0.4, 0.5) is 0 Å². The topological polar surface area (TPSA) is 79.6 Å². The minimum Gasteiger partial charge on any atom is -0.494 e. The standard InChI is InChI=1S/C11H13NO4.ClH/c1-2-15-9-3-4-10(8(5-9)6-12)16-7-11(13)14;/h3-5,10,12H,2,7H2,1H3,(H,13,14);1H. The molecule has 17 heavy (non-hydrogen) atoms. The summed E-state index contributed by atoms with van der Waals surface area (Å²) < 4.78 is 10.3. The van der Waals surface area contributed by atoms with Crippen molar-refractivity contribution >= 4 is 24.2 Å². The van der Waals surface area contributed by atoms with Gasteiger partial charge >= 0.3 is 5.97 Å². The van der Waals surface area contributed by atoms with Crippen molar-refractivity contribution in [3.8, 4) is 0 Å². The van der Waals surface area contributed by atoms with Gasteiger partial charge in [-0.3, -0.25) is 5.41 Å². The molecule has 1 aliphatic rings. The number of carboxylic acid groups (broad SMARTS) is 1. The Morgan fingerprint density at radius 2 is 2.35 bits per heavy atom. The summed E-state index contributed by atoms with van der Waals surface area (Å²) >= 11 is 0. The van der Waals surface area contributed by atoms with E-state index < -0.39 is 18.7 Å². The molecule has 0 aliphatic heterocycles. The minimum atomic E-state index is -1.04. The molecule has 0 aromatic rings. The first kappa shape index (κ1) is 15.4. The lowest BCUT2D eigenvalue weighted by Gasteiger charge is -2.17. The van der Waals surface area contributed by atoms with Gasteiger partial charge in [-0.2, -0.15) is 0 Å². The summed E-state index contributed by atoms with van der Waals surface area (Å²) in [6, 6.07) is 0. The molecule has 0 amide bonds. The van der Waals surface area contributed by atoms with Crippen molar-refractivity contribution in [3.63, 3.8) is 0 Å².